The highest BCUT2D eigenvalue weighted by Gasteiger charge is 2.10. The van der Waals surface area contributed by atoms with Crippen LogP contribution in [0.4, 0.5) is 11.4 Å². The predicted molar refractivity (Wildman–Crippen MR) is 81.5 cm³/mol. The van der Waals surface area contributed by atoms with Gasteiger partial charge in [-0.1, -0.05) is 0 Å². The molecule has 0 amide bonds. The Kier molecular flexibility index (Phi) is 3.02. The van der Waals surface area contributed by atoms with Crippen LogP contribution in [0.15, 0.2) is 42.9 Å². The van der Waals surface area contributed by atoms with Crippen LogP contribution >= 0.6 is 0 Å². The number of aryl methyl sites for hydroxylation is 1. The van der Waals surface area contributed by atoms with Crippen LogP contribution in [0.1, 0.15) is 5.56 Å². The molecule has 0 radical (unpaired) electrons. The molecule has 3 aromatic rings. The first-order valence-electron chi connectivity index (χ1n) is 6.47. The summed E-state index contributed by atoms with van der Waals surface area (Å²) in [6.07, 6.45) is 5.66. The van der Waals surface area contributed by atoms with E-state index in [0.29, 0.717) is 0 Å². The van der Waals surface area contributed by atoms with Crippen LogP contribution in [0.25, 0.3) is 10.9 Å². The van der Waals surface area contributed by atoms with Gasteiger partial charge in [0.25, 0.3) is 0 Å². The van der Waals surface area contributed by atoms with Crippen LogP contribution in [0.5, 0.6) is 0 Å². The molecule has 0 spiro atoms. The molecule has 2 heterocycles. The summed E-state index contributed by atoms with van der Waals surface area (Å²) in [6, 6.07) is 7.92. The lowest BCUT2D eigenvalue weighted by atomic mass is 10.1. The normalized spacial score (nSPS) is 10.9. The Hall–Kier alpha value is -2.56. The molecule has 20 heavy (non-hydrogen) atoms. The average Bonchev–Trinajstić information content (AvgIpc) is 2.84. The second-order valence-corrected chi connectivity index (χ2v) is 4.95. The van der Waals surface area contributed by atoms with Gasteiger partial charge in [-0.15, -0.1) is 0 Å². The van der Waals surface area contributed by atoms with Crippen LogP contribution in [0.3, 0.4) is 0 Å². The van der Waals surface area contributed by atoms with Crippen LogP contribution in [-0.2, 0) is 13.6 Å². The second kappa shape index (κ2) is 4.85. The molecule has 1 aromatic carbocycles. The third kappa shape index (κ3) is 2.18. The molecule has 0 fully saturated rings. The fraction of sp³-hybridized carbons (Fsp3) is 0.200. The molecular formula is C15H17N5. The predicted octanol–water partition coefficient (Wildman–Crippen LogP) is 2.19. The van der Waals surface area contributed by atoms with Gasteiger partial charge >= 0.3 is 0 Å². The van der Waals surface area contributed by atoms with Crippen LogP contribution in [0, 0.1) is 0 Å². The van der Waals surface area contributed by atoms with E-state index in [1.165, 1.54) is 0 Å². The van der Waals surface area contributed by atoms with Gasteiger partial charge in [-0.3, -0.25) is 9.67 Å². The molecule has 0 atom stereocenters. The first kappa shape index (κ1) is 12.5. The molecule has 0 aliphatic rings. The minimum atomic E-state index is 0.766. The number of fused-ring (bicyclic) bond motifs is 1. The number of nitrogens with zero attached hydrogens (tertiary/aromatic N) is 4. The van der Waals surface area contributed by atoms with E-state index in [4.69, 9.17) is 5.73 Å². The van der Waals surface area contributed by atoms with Crippen molar-refractivity contribution < 1.29 is 0 Å². The van der Waals surface area contributed by atoms with Gasteiger partial charge in [0.05, 0.1) is 23.1 Å². The van der Waals surface area contributed by atoms with E-state index in [2.05, 4.69) is 15.0 Å². The van der Waals surface area contributed by atoms with Crippen molar-refractivity contribution in [2.75, 3.05) is 17.7 Å². The summed E-state index contributed by atoms with van der Waals surface area (Å²) in [5, 5.41) is 5.17. The first-order valence-corrected chi connectivity index (χ1v) is 6.47. The number of nitrogen functional groups attached to an aromatic ring is 1. The van der Waals surface area contributed by atoms with Crippen LogP contribution in [0.2, 0.25) is 0 Å². The summed E-state index contributed by atoms with van der Waals surface area (Å²) < 4.78 is 1.80. The second-order valence-electron chi connectivity index (χ2n) is 4.95. The topological polar surface area (TPSA) is 60.0 Å². The van der Waals surface area contributed by atoms with E-state index in [-0.39, 0.29) is 0 Å². The Labute approximate surface area is 117 Å². The van der Waals surface area contributed by atoms with Gasteiger partial charge in [0, 0.05) is 44.0 Å². The molecule has 5 nitrogen and oxygen atoms in total. The molecule has 0 aliphatic carbocycles. The maximum absolute atomic E-state index is 6.28. The maximum atomic E-state index is 6.28. The molecule has 0 unspecified atom stereocenters. The van der Waals surface area contributed by atoms with Crippen molar-refractivity contribution in [2.24, 2.45) is 7.05 Å². The number of nitrogens with two attached hydrogens (primary N) is 1. The van der Waals surface area contributed by atoms with Gasteiger partial charge in [-0.2, -0.15) is 5.10 Å². The number of rotatable bonds is 3. The molecule has 0 bridgehead atoms. The van der Waals surface area contributed by atoms with Crippen molar-refractivity contribution in [3.8, 4) is 0 Å². The van der Waals surface area contributed by atoms with Crippen molar-refractivity contribution in [3.05, 3.63) is 48.4 Å². The largest absolute Gasteiger partial charge is 0.396 e. The fourth-order valence-corrected chi connectivity index (χ4v) is 2.41. The smallest absolute Gasteiger partial charge is 0.0724 e. The summed E-state index contributed by atoms with van der Waals surface area (Å²) in [5.74, 6) is 0. The van der Waals surface area contributed by atoms with Gasteiger partial charge in [0.15, 0.2) is 0 Å². The summed E-state index contributed by atoms with van der Waals surface area (Å²) in [7, 11) is 3.94. The Morgan fingerprint density at radius 3 is 2.90 bits per heavy atom. The minimum Gasteiger partial charge on any atom is -0.396 e. The molecule has 0 saturated carbocycles. The quantitative estimate of drug-likeness (QED) is 0.739. The average molecular weight is 267 g/mol. The van der Waals surface area contributed by atoms with Gasteiger partial charge in [-0.25, -0.2) is 0 Å². The van der Waals surface area contributed by atoms with Crippen molar-refractivity contribution >= 4 is 22.3 Å². The zero-order valence-corrected chi connectivity index (χ0v) is 11.6. The third-order valence-corrected chi connectivity index (χ3v) is 3.39. The van der Waals surface area contributed by atoms with Crippen molar-refractivity contribution in [2.45, 2.75) is 6.54 Å². The van der Waals surface area contributed by atoms with E-state index < -0.39 is 0 Å². The zero-order chi connectivity index (χ0) is 14.1. The number of hydrogen-bond acceptors (Lipinski definition) is 4. The highest BCUT2D eigenvalue weighted by Crippen LogP contribution is 2.30. The minimum absolute atomic E-state index is 0.766. The lowest BCUT2D eigenvalue weighted by Crippen LogP contribution is -2.17. The van der Waals surface area contributed by atoms with E-state index in [9.17, 15) is 0 Å². The molecule has 2 aromatic heterocycles. The molecule has 0 saturated heterocycles. The van der Waals surface area contributed by atoms with Gasteiger partial charge < -0.3 is 10.6 Å². The van der Waals surface area contributed by atoms with Gasteiger partial charge in [-0.05, 0) is 24.3 Å². The standard InChI is InChI=1S/C15H17N5/c1-19(9-11-8-18-20(2)10-11)14-6-5-13-12(15(14)16)4-3-7-17-13/h3-8,10H,9,16H2,1-2H3. The number of anilines is 2. The van der Waals surface area contributed by atoms with E-state index in [1.807, 2.05) is 50.8 Å². The zero-order valence-electron chi connectivity index (χ0n) is 11.6. The lowest BCUT2D eigenvalue weighted by molar-refractivity contribution is 0.766. The van der Waals surface area contributed by atoms with Crippen molar-refractivity contribution in [1.82, 2.24) is 14.8 Å². The Morgan fingerprint density at radius 2 is 2.15 bits per heavy atom. The number of benzene rings is 1. The molecule has 0 aliphatic heterocycles. The number of pyridine rings is 1. The molecule has 2 N–H and O–H groups in total. The highest BCUT2D eigenvalue weighted by molar-refractivity contribution is 5.97. The summed E-state index contributed by atoms with van der Waals surface area (Å²) in [6.45, 7) is 0.768. The molecule has 3 rings (SSSR count). The maximum Gasteiger partial charge on any atom is 0.0724 e. The Bertz CT molecular complexity index is 747. The summed E-state index contributed by atoms with van der Waals surface area (Å²) >= 11 is 0. The van der Waals surface area contributed by atoms with Crippen molar-refractivity contribution in [1.29, 1.82) is 0 Å². The first-order chi connectivity index (χ1) is 9.65. The lowest BCUT2D eigenvalue weighted by Gasteiger charge is -2.21. The molecule has 102 valence electrons. The summed E-state index contributed by atoms with van der Waals surface area (Å²) in [4.78, 5) is 6.44. The van der Waals surface area contributed by atoms with Crippen LogP contribution in [-0.4, -0.2) is 21.8 Å². The summed E-state index contributed by atoms with van der Waals surface area (Å²) in [5.41, 5.74) is 10.1. The van der Waals surface area contributed by atoms with Gasteiger partial charge in [0.1, 0.15) is 0 Å². The number of aromatic nitrogens is 3. The number of hydrogen-bond donors (Lipinski definition) is 1. The van der Waals surface area contributed by atoms with E-state index >= 15 is 0 Å². The SMILES string of the molecule is CN(Cc1cnn(C)c1)c1ccc2ncccc2c1N. The molecular weight excluding hydrogens is 250 g/mol. The van der Waals surface area contributed by atoms with Gasteiger partial charge in [0.2, 0.25) is 0 Å². The van der Waals surface area contributed by atoms with E-state index in [1.54, 1.807) is 10.9 Å². The van der Waals surface area contributed by atoms with E-state index in [0.717, 1.165) is 34.4 Å². The fourth-order valence-electron chi connectivity index (χ4n) is 2.41. The monoisotopic (exact) mass is 267 g/mol. The van der Waals surface area contributed by atoms with Crippen molar-refractivity contribution in [3.63, 3.8) is 0 Å². The Balaban J connectivity index is 1.95. The molecule has 5 heteroatoms. The third-order valence-electron chi connectivity index (χ3n) is 3.39. The highest BCUT2D eigenvalue weighted by atomic mass is 15.2. The Morgan fingerprint density at radius 1 is 1.30 bits per heavy atom. The van der Waals surface area contributed by atoms with Crippen LogP contribution < -0.4 is 10.6 Å².